The molecule has 0 radical (unpaired) electrons. The number of carbonyl (C=O) groups is 2. The van der Waals surface area contributed by atoms with Crippen LogP contribution in [0.3, 0.4) is 0 Å². The third kappa shape index (κ3) is 1.11. The highest BCUT2D eigenvalue weighted by Crippen LogP contribution is 2.62. The van der Waals surface area contributed by atoms with Crippen LogP contribution in [0.15, 0.2) is 0 Å². The van der Waals surface area contributed by atoms with Crippen molar-refractivity contribution in [3.05, 3.63) is 0 Å². The molecule has 0 aromatic carbocycles. The Bertz CT molecular complexity index is 290. The second kappa shape index (κ2) is 2.96. The number of fused-ring (bicyclic) bond motifs is 2. The van der Waals surface area contributed by atoms with Gasteiger partial charge >= 0.3 is 5.97 Å². The molecule has 0 aromatic heterocycles. The Labute approximate surface area is 87.8 Å². The smallest absolute Gasteiger partial charge is 0.311 e. The minimum absolute atomic E-state index is 0.171. The Hall–Kier alpha value is -0.570. The van der Waals surface area contributed by atoms with Crippen LogP contribution in [0.25, 0.3) is 0 Å². The van der Waals surface area contributed by atoms with Gasteiger partial charge < -0.3 is 4.74 Å². The third-order valence-electron chi connectivity index (χ3n) is 3.88. The summed E-state index contributed by atoms with van der Waals surface area (Å²) in [5.74, 6) is -0.171. The fourth-order valence-corrected chi connectivity index (χ4v) is 3.22. The van der Waals surface area contributed by atoms with Gasteiger partial charge in [-0.3, -0.25) is 9.59 Å². The number of methoxy groups -OCH3 is 1. The first-order valence-electron chi connectivity index (χ1n) is 4.83. The van der Waals surface area contributed by atoms with Gasteiger partial charge in [0.15, 0.2) is 0 Å². The molecule has 2 bridgehead atoms. The van der Waals surface area contributed by atoms with Crippen LogP contribution in [0.4, 0.5) is 0 Å². The maximum atomic E-state index is 11.6. The van der Waals surface area contributed by atoms with Gasteiger partial charge in [0.25, 0.3) is 0 Å². The monoisotopic (exact) mass is 216 g/mol. The molecular weight excluding hydrogens is 204 g/mol. The fourth-order valence-electron chi connectivity index (χ4n) is 2.97. The first-order chi connectivity index (χ1) is 6.55. The summed E-state index contributed by atoms with van der Waals surface area (Å²) in [5.41, 5.74) is -0.824. The highest BCUT2D eigenvalue weighted by Gasteiger charge is 2.61. The SMILES string of the molecule is COC(=O)C12CCC(C(=O)Cl)(CC1)C2. The molecule has 2 aliphatic rings. The van der Waals surface area contributed by atoms with Crippen molar-refractivity contribution >= 4 is 22.8 Å². The van der Waals surface area contributed by atoms with Gasteiger partial charge in [0.1, 0.15) is 0 Å². The predicted molar refractivity (Wildman–Crippen MR) is 50.8 cm³/mol. The number of carbonyl (C=O) groups excluding carboxylic acids is 2. The second-order valence-corrected chi connectivity index (χ2v) is 4.85. The van der Waals surface area contributed by atoms with Crippen LogP contribution in [-0.4, -0.2) is 18.3 Å². The van der Waals surface area contributed by atoms with Gasteiger partial charge in [0.2, 0.25) is 5.24 Å². The highest BCUT2D eigenvalue weighted by atomic mass is 35.5. The Morgan fingerprint density at radius 1 is 1.14 bits per heavy atom. The zero-order valence-corrected chi connectivity index (χ0v) is 8.89. The number of hydrogen-bond acceptors (Lipinski definition) is 3. The van der Waals surface area contributed by atoms with E-state index in [9.17, 15) is 9.59 Å². The van der Waals surface area contributed by atoms with Gasteiger partial charge in [-0.25, -0.2) is 0 Å². The molecule has 0 aliphatic heterocycles. The minimum Gasteiger partial charge on any atom is -0.469 e. The lowest BCUT2D eigenvalue weighted by molar-refractivity contribution is -0.152. The first kappa shape index (κ1) is 9.97. The standard InChI is InChI=1S/C10H13ClO3/c1-14-8(13)10-4-2-9(6-10,3-5-10)7(11)12/h2-6H2,1H3. The third-order valence-corrected chi connectivity index (χ3v) is 4.28. The number of halogens is 1. The van der Waals surface area contributed by atoms with E-state index in [-0.39, 0.29) is 11.2 Å². The zero-order valence-electron chi connectivity index (χ0n) is 8.14. The second-order valence-electron chi connectivity index (χ2n) is 4.50. The first-order valence-corrected chi connectivity index (χ1v) is 5.21. The van der Waals surface area contributed by atoms with Gasteiger partial charge in [-0.15, -0.1) is 0 Å². The van der Waals surface area contributed by atoms with Gasteiger partial charge in [0.05, 0.1) is 12.5 Å². The molecule has 2 aliphatic carbocycles. The number of rotatable bonds is 2. The maximum Gasteiger partial charge on any atom is 0.311 e. The van der Waals surface area contributed by atoms with Gasteiger partial charge in [-0.05, 0) is 43.7 Å². The summed E-state index contributed by atoms with van der Waals surface area (Å²) in [6.45, 7) is 0. The Balaban J connectivity index is 2.24. The highest BCUT2D eigenvalue weighted by molar-refractivity contribution is 6.64. The van der Waals surface area contributed by atoms with E-state index < -0.39 is 10.8 Å². The summed E-state index contributed by atoms with van der Waals surface area (Å²) in [5, 5.41) is -0.277. The topological polar surface area (TPSA) is 43.4 Å². The van der Waals surface area contributed by atoms with Crippen molar-refractivity contribution in [1.82, 2.24) is 0 Å². The van der Waals surface area contributed by atoms with E-state index >= 15 is 0 Å². The van der Waals surface area contributed by atoms with E-state index in [2.05, 4.69) is 0 Å². The normalized spacial score (nSPS) is 39.9. The number of hydrogen-bond donors (Lipinski definition) is 0. The maximum absolute atomic E-state index is 11.6. The van der Waals surface area contributed by atoms with Crippen LogP contribution in [0.2, 0.25) is 0 Å². The van der Waals surface area contributed by atoms with Crippen LogP contribution >= 0.6 is 11.6 Å². The summed E-state index contributed by atoms with van der Waals surface area (Å²) >= 11 is 5.59. The summed E-state index contributed by atoms with van der Waals surface area (Å²) in [4.78, 5) is 22.9. The van der Waals surface area contributed by atoms with Gasteiger partial charge in [-0.1, -0.05) is 0 Å². The fraction of sp³-hybridized carbons (Fsp3) is 0.800. The largest absolute Gasteiger partial charge is 0.469 e. The van der Waals surface area contributed by atoms with Gasteiger partial charge in [-0.2, -0.15) is 0 Å². The van der Waals surface area contributed by atoms with Crippen LogP contribution in [0.5, 0.6) is 0 Å². The van der Waals surface area contributed by atoms with Crippen molar-refractivity contribution in [2.75, 3.05) is 7.11 Å². The van der Waals surface area contributed by atoms with Crippen LogP contribution < -0.4 is 0 Å². The lowest BCUT2D eigenvalue weighted by atomic mass is 9.82. The average Bonchev–Trinajstić information content (AvgIpc) is 2.74. The summed E-state index contributed by atoms with van der Waals surface area (Å²) in [6, 6.07) is 0. The van der Waals surface area contributed by atoms with E-state index in [1.54, 1.807) is 0 Å². The molecule has 0 amide bonds. The van der Waals surface area contributed by atoms with Crippen LogP contribution in [0.1, 0.15) is 32.1 Å². The molecule has 0 N–H and O–H groups in total. The molecule has 2 rings (SSSR count). The Morgan fingerprint density at radius 2 is 1.64 bits per heavy atom. The van der Waals surface area contributed by atoms with Crippen molar-refractivity contribution in [3.8, 4) is 0 Å². The zero-order chi connectivity index (χ0) is 10.4. The van der Waals surface area contributed by atoms with Crippen molar-refractivity contribution in [1.29, 1.82) is 0 Å². The number of esters is 1. The molecule has 0 unspecified atom stereocenters. The quantitative estimate of drug-likeness (QED) is 0.523. The van der Waals surface area contributed by atoms with Crippen LogP contribution in [-0.2, 0) is 14.3 Å². The van der Waals surface area contributed by atoms with E-state index in [0.717, 1.165) is 25.7 Å². The molecule has 3 nitrogen and oxygen atoms in total. The van der Waals surface area contributed by atoms with E-state index in [4.69, 9.17) is 16.3 Å². The number of ether oxygens (including phenoxy) is 1. The average molecular weight is 217 g/mol. The van der Waals surface area contributed by atoms with Crippen LogP contribution in [0, 0.1) is 10.8 Å². The summed E-state index contributed by atoms with van der Waals surface area (Å²) in [7, 11) is 1.40. The molecule has 0 atom stereocenters. The molecule has 4 heteroatoms. The van der Waals surface area contributed by atoms with Crippen molar-refractivity contribution < 1.29 is 14.3 Å². The van der Waals surface area contributed by atoms with Crippen molar-refractivity contribution in [2.24, 2.45) is 10.8 Å². The molecule has 0 spiro atoms. The van der Waals surface area contributed by atoms with E-state index in [1.807, 2.05) is 0 Å². The van der Waals surface area contributed by atoms with Gasteiger partial charge in [0, 0.05) is 5.41 Å². The molecule has 0 aromatic rings. The molecule has 2 saturated carbocycles. The van der Waals surface area contributed by atoms with E-state index in [0.29, 0.717) is 6.42 Å². The molecule has 0 saturated heterocycles. The molecular formula is C10H13ClO3. The molecule has 2 fully saturated rings. The molecule has 14 heavy (non-hydrogen) atoms. The summed E-state index contributed by atoms with van der Waals surface area (Å²) in [6.07, 6.45) is 3.57. The van der Waals surface area contributed by atoms with E-state index in [1.165, 1.54) is 7.11 Å². The Morgan fingerprint density at radius 3 is 2.00 bits per heavy atom. The summed E-state index contributed by atoms with van der Waals surface area (Å²) < 4.78 is 4.79. The predicted octanol–water partition coefficient (Wildman–Crippen LogP) is 1.88. The minimum atomic E-state index is -0.421. The van der Waals surface area contributed by atoms with Crippen molar-refractivity contribution in [2.45, 2.75) is 32.1 Å². The molecule has 78 valence electrons. The van der Waals surface area contributed by atoms with Crippen molar-refractivity contribution in [3.63, 3.8) is 0 Å². The molecule has 0 heterocycles. The lowest BCUT2D eigenvalue weighted by Crippen LogP contribution is -2.27. The lowest BCUT2D eigenvalue weighted by Gasteiger charge is -2.23. The Kier molecular flexibility index (Phi) is 2.11.